The van der Waals surface area contributed by atoms with Crippen LogP contribution in [-0.4, -0.2) is 59.3 Å². The van der Waals surface area contributed by atoms with Gasteiger partial charge in [-0.1, -0.05) is 17.7 Å². The molecule has 1 atom stereocenters. The van der Waals surface area contributed by atoms with Crippen molar-refractivity contribution in [3.8, 4) is 17.2 Å². The highest BCUT2D eigenvalue weighted by atomic mass is 35.5. The molecule has 0 bridgehead atoms. The molecule has 10 heteroatoms. The summed E-state index contributed by atoms with van der Waals surface area (Å²) in [7, 11) is -3.58. The van der Waals surface area contributed by atoms with E-state index in [1.165, 1.54) is 11.3 Å². The van der Waals surface area contributed by atoms with E-state index in [1.54, 1.807) is 6.07 Å². The number of benzene rings is 2. The molecule has 3 heterocycles. The Labute approximate surface area is 208 Å². The SMILES string of the molecule is Cc1c(S(=O)(=O)NCC2CCN(CCOc3cccc4c3OCCO4)C2)sc2ccc(Cl)cc12. The van der Waals surface area contributed by atoms with Gasteiger partial charge in [-0.2, -0.15) is 0 Å². The summed E-state index contributed by atoms with van der Waals surface area (Å²) in [4.78, 5) is 2.30. The molecule has 1 fully saturated rings. The minimum Gasteiger partial charge on any atom is -0.488 e. The summed E-state index contributed by atoms with van der Waals surface area (Å²) in [5, 5.41) is 1.50. The number of sulfonamides is 1. The zero-order valence-electron chi connectivity index (χ0n) is 18.9. The fourth-order valence-electron chi connectivity index (χ4n) is 4.45. The fourth-order valence-corrected chi connectivity index (χ4v) is 7.53. The number of hydrogen-bond donors (Lipinski definition) is 1. The zero-order chi connectivity index (χ0) is 23.7. The molecule has 0 spiro atoms. The Kier molecular flexibility index (Phi) is 6.90. The first-order valence-electron chi connectivity index (χ1n) is 11.3. The van der Waals surface area contributed by atoms with Crippen LogP contribution in [0.5, 0.6) is 17.2 Å². The average molecular weight is 523 g/mol. The predicted molar refractivity (Wildman–Crippen MR) is 134 cm³/mol. The number of aryl methyl sites for hydroxylation is 1. The second kappa shape index (κ2) is 9.91. The summed E-state index contributed by atoms with van der Waals surface area (Å²) in [6.07, 6.45) is 0.946. The molecule has 1 unspecified atom stereocenters. The molecule has 7 nitrogen and oxygen atoms in total. The molecule has 182 valence electrons. The van der Waals surface area contributed by atoms with Gasteiger partial charge in [0.2, 0.25) is 15.8 Å². The number of halogens is 1. The molecule has 1 aromatic heterocycles. The van der Waals surface area contributed by atoms with Crippen LogP contribution < -0.4 is 18.9 Å². The molecule has 3 aromatic rings. The zero-order valence-corrected chi connectivity index (χ0v) is 21.3. The second-order valence-electron chi connectivity index (χ2n) is 8.59. The number of likely N-dealkylation sites (tertiary alicyclic amines) is 1. The lowest BCUT2D eigenvalue weighted by Crippen LogP contribution is -2.32. The van der Waals surface area contributed by atoms with Gasteiger partial charge >= 0.3 is 0 Å². The third-order valence-corrected chi connectivity index (χ3v) is 9.78. The number of thiophene rings is 1. The van der Waals surface area contributed by atoms with Gasteiger partial charge in [-0.3, -0.25) is 4.90 Å². The monoisotopic (exact) mass is 522 g/mol. The Morgan fingerprint density at radius 1 is 1.24 bits per heavy atom. The minimum absolute atomic E-state index is 0.264. The smallest absolute Gasteiger partial charge is 0.250 e. The normalized spacial score (nSPS) is 18.5. The van der Waals surface area contributed by atoms with Crippen molar-refractivity contribution in [1.82, 2.24) is 9.62 Å². The maximum atomic E-state index is 13.0. The Balaban J connectivity index is 1.13. The van der Waals surface area contributed by atoms with E-state index < -0.39 is 10.0 Å². The highest BCUT2D eigenvalue weighted by molar-refractivity contribution is 7.91. The molecule has 34 heavy (non-hydrogen) atoms. The van der Waals surface area contributed by atoms with Gasteiger partial charge in [0.1, 0.15) is 24.0 Å². The third kappa shape index (κ3) is 4.99. The number of hydrogen-bond acceptors (Lipinski definition) is 7. The quantitative estimate of drug-likeness (QED) is 0.475. The third-order valence-electron chi connectivity index (χ3n) is 6.23. The highest BCUT2D eigenvalue weighted by Crippen LogP contribution is 2.39. The van der Waals surface area contributed by atoms with E-state index >= 15 is 0 Å². The summed E-state index contributed by atoms with van der Waals surface area (Å²) in [6.45, 7) is 6.37. The van der Waals surface area contributed by atoms with E-state index in [2.05, 4.69) is 9.62 Å². The average Bonchev–Trinajstić information content (AvgIpc) is 3.42. The van der Waals surface area contributed by atoms with Crippen LogP contribution in [0.25, 0.3) is 10.1 Å². The summed E-state index contributed by atoms with van der Waals surface area (Å²) in [5.74, 6) is 2.34. The van der Waals surface area contributed by atoms with Crippen LogP contribution >= 0.6 is 22.9 Å². The Morgan fingerprint density at radius 2 is 2.09 bits per heavy atom. The van der Waals surface area contributed by atoms with Crippen molar-refractivity contribution in [2.75, 3.05) is 46.0 Å². The number of para-hydroxylation sites is 1. The number of ether oxygens (including phenoxy) is 3. The molecule has 2 aliphatic rings. The molecule has 1 saturated heterocycles. The lowest BCUT2D eigenvalue weighted by Gasteiger charge is -2.22. The van der Waals surface area contributed by atoms with Gasteiger partial charge in [0.05, 0.1) is 0 Å². The summed E-state index contributed by atoms with van der Waals surface area (Å²) < 4.78 is 47.4. The number of nitrogens with one attached hydrogen (secondary N) is 1. The lowest BCUT2D eigenvalue weighted by atomic mass is 10.1. The van der Waals surface area contributed by atoms with Gasteiger partial charge < -0.3 is 14.2 Å². The Hall–Kier alpha value is -2.04. The molecule has 0 amide bonds. The van der Waals surface area contributed by atoms with Crippen LogP contribution in [0.1, 0.15) is 12.0 Å². The number of nitrogens with zero attached hydrogens (tertiary/aromatic N) is 1. The van der Waals surface area contributed by atoms with Gasteiger partial charge in [-0.25, -0.2) is 13.1 Å². The van der Waals surface area contributed by atoms with Crippen LogP contribution in [0.15, 0.2) is 40.6 Å². The number of rotatable bonds is 8. The second-order valence-corrected chi connectivity index (χ2v) is 12.0. The van der Waals surface area contributed by atoms with Crippen molar-refractivity contribution in [3.05, 3.63) is 47.0 Å². The summed E-state index contributed by atoms with van der Waals surface area (Å²) in [6, 6.07) is 11.1. The molecule has 2 aromatic carbocycles. The molecule has 1 N–H and O–H groups in total. The van der Waals surface area contributed by atoms with E-state index in [0.29, 0.717) is 52.8 Å². The molecular formula is C24H27ClN2O5S2. The van der Waals surface area contributed by atoms with Gasteiger partial charge in [0.25, 0.3) is 0 Å². The molecule has 5 rings (SSSR count). The van der Waals surface area contributed by atoms with E-state index in [0.717, 1.165) is 41.7 Å². The fraction of sp³-hybridized carbons (Fsp3) is 0.417. The molecular weight excluding hydrogens is 496 g/mol. The number of fused-ring (bicyclic) bond motifs is 2. The van der Waals surface area contributed by atoms with Crippen molar-refractivity contribution >= 4 is 43.0 Å². The van der Waals surface area contributed by atoms with Crippen LogP contribution in [-0.2, 0) is 10.0 Å². The largest absolute Gasteiger partial charge is 0.488 e. The molecule has 0 saturated carbocycles. The molecule has 2 aliphatic heterocycles. The predicted octanol–water partition coefficient (Wildman–Crippen LogP) is 4.31. The highest BCUT2D eigenvalue weighted by Gasteiger charge is 2.27. The molecule has 0 radical (unpaired) electrons. The lowest BCUT2D eigenvalue weighted by molar-refractivity contribution is 0.158. The van der Waals surface area contributed by atoms with Crippen molar-refractivity contribution in [3.63, 3.8) is 0 Å². The van der Waals surface area contributed by atoms with E-state index in [9.17, 15) is 8.42 Å². The van der Waals surface area contributed by atoms with Crippen LogP contribution in [0.3, 0.4) is 0 Å². The van der Waals surface area contributed by atoms with Crippen LogP contribution in [0.2, 0.25) is 5.02 Å². The van der Waals surface area contributed by atoms with Gasteiger partial charge in [-0.05, 0) is 67.1 Å². The van der Waals surface area contributed by atoms with Crippen LogP contribution in [0, 0.1) is 12.8 Å². The van der Waals surface area contributed by atoms with Crippen LogP contribution in [0.4, 0.5) is 0 Å². The standard InChI is InChI=1S/C24H27ClN2O5S2/c1-16-19-13-18(25)5-6-22(19)33-24(16)34(28,29)26-14-17-7-8-27(15-17)9-10-30-20-3-2-4-21-23(20)32-12-11-31-21/h2-6,13,17,26H,7-12,14-15H2,1H3. The van der Waals surface area contributed by atoms with Gasteiger partial charge in [-0.15, -0.1) is 11.3 Å². The summed E-state index contributed by atoms with van der Waals surface area (Å²) in [5.41, 5.74) is 0.748. The maximum absolute atomic E-state index is 13.0. The van der Waals surface area contributed by atoms with E-state index in [4.69, 9.17) is 25.8 Å². The minimum atomic E-state index is -3.58. The first-order chi connectivity index (χ1) is 16.4. The van der Waals surface area contributed by atoms with Crippen molar-refractivity contribution < 1.29 is 22.6 Å². The maximum Gasteiger partial charge on any atom is 0.250 e. The van der Waals surface area contributed by atoms with Crippen molar-refractivity contribution in [1.29, 1.82) is 0 Å². The van der Waals surface area contributed by atoms with Crippen molar-refractivity contribution in [2.45, 2.75) is 17.6 Å². The van der Waals surface area contributed by atoms with Gasteiger partial charge in [0, 0.05) is 29.4 Å². The first-order valence-corrected chi connectivity index (χ1v) is 14.0. The topological polar surface area (TPSA) is 77.1 Å². The molecule has 0 aliphatic carbocycles. The Bertz CT molecular complexity index is 1290. The van der Waals surface area contributed by atoms with Gasteiger partial charge in [0.15, 0.2) is 11.5 Å². The Morgan fingerprint density at radius 3 is 2.97 bits per heavy atom. The van der Waals surface area contributed by atoms with E-state index in [1.807, 2.05) is 37.3 Å². The van der Waals surface area contributed by atoms with Crippen molar-refractivity contribution in [2.24, 2.45) is 5.92 Å². The first kappa shape index (κ1) is 23.7. The summed E-state index contributed by atoms with van der Waals surface area (Å²) >= 11 is 7.38. The van der Waals surface area contributed by atoms with E-state index in [-0.39, 0.29) is 5.92 Å².